The summed E-state index contributed by atoms with van der Waals surface area (Å²) in [4.78, 5) is 46.5. The summed E-state index contributed by atoms with van der Waals surface area (Å²) < 4.78 is 35.8. The zero-order valence-corrected chi connectivity index (χ0v) is 36.7. The first kappa shape index (κ1) is 48.5. The van der Waals surface area contributed by atoms with Crippen LogP contribution in [0.25, 0.3) is 22.1 Å². The first-order valence-corrected chi connectivity index (χ1v) is 18.4. The van der Waals surface area contributed by atoms with Gasteiger partial charge in [0.1, 0.15) is 13.1 Å². The van der Waals surface area contributed by atoms with Crippen molar-refractivity contribution in [1.82, 2.24) is 39.0 Å². The average molecular weight is 965 g/mol. The number of ether oxygens (including phenoxy) is 1. The normalized spacial score (nSPS) is 15.1. The van der Waals surface area contributed by atoms with Crippen LogP contribution in [-0.4, -0.2) is 74.8 Å². The summed E-state index contributed by atoms with van der Waals surface area (Å²) >= 11 is 16.6. The maximum Gasteiger partial charge on any atom is 0.325 e. The van der Waals surface area contributed by atoms with Gasteiger partial charge in [0.2, 0.25) is 23.1 Å². The van der Waals surface area contributed by atoms with E-state index in [2.05, 4.69) is 35.2 Å². The summed E-state index contributed by atoms with van der Waals surface area (Å²) in [6, 6.07) is 5.92. The summed E-state index contributed by atoms with van der Waals surface area (Å²) in [6.45, 7) is 2.08. The minimum atomic E-state index is -0.941. The minimum absolute atomic E-state index is 0. The van der Waals surface area contributed by atoms with Crippen molar-refractivity contribution in [2.45, 2.75) is 70.6 Å². The lowest BCUT2D eigenvalue weighted by Gasteiger charge is -2.24. The molecule has 22 heteroatoms. The van der Waals surface area contributed by atoms with Crippen LogP contribution in [0.2, 0.25) is 15.3 Å². The van der Waals surface area contributed by atoms with E-state index in [1.165, 1.54) is 36.9 Å². The number of carbonyl (C=O) groups excluding carboxylic acids is 1. The predicted molar refractivity (Wildman–Crippen MR) is 233 cm³/mol. The Morgan fingerprint density at radius 1 is 0.828 bits per heavy atom. The van der Waals surface area contributed by atoms with Gasteiger partial charge in [0.25, 0.3) is 0 Å². The van der Waals surface area contributed by atoms with Crippen molar-refractivity contribution in [3.8, 4) is 0 Å². The van der Waals surface area contributed by atoms with Gasteiger partial charge in [0, 0.05) is 34.6 Å². The number of aromatic nitrogens is 8. The number of carboxylic acid groups (broad SMARTS) is 1. The maximum atomic E-state index is 13.7. The molecule has 0 aliphatic heterocycles. The molecule has 312 valence electrons. The summed E-state index contributed by atoms with van der Waals surface area (Å²) in [5.41, 5.74) is 12.3. The van der Waals surface area contributed by atoms with Crippen molar-refractivity contribution in [1.29, 1.82) is 0 Å². The van der Waals surface area contributed by atoms with Crippen molar-refractivity contribution in [2.75, 3.05) is 11.9 Å². The molecule has 0 amide bonds. The van der Waals surface area contributed by atoms with Gasteiger partial charge in [0.05, 0.1) is 63.5 Å². The van der Waals surface area contributed by atoms with Crippen LogP contribution in [0.3, 0.4) is 0 Å². The summed E-state index contributed by atoms with van der Waals surface area (Å²) in [5, 5.41) is 13.6. The molecule has 0 unspecified atom stereocenters. The zero-order valence-electron chi connectivity index (χ0n) is 30.8. The van der Waals surface area contributed by atoms with Crippen LogP contribution < -0.4 is 11.1 Å². The van der Waals surface area contributed by atoms with Crippen LogP contribution >= 0.6 is 78.8 Å². The van der Waals surface area contributed by atoms with E-state index in [4.69, 9.17) is 45.3 Å². The van der Waals surface area contributed by atoms with E-state index in [1.807, 2.05) is 4.57 Å². The number of fused-ring (bicyclic) bond motifs is 6. The molecule has 0 fully saturated rings. The Balaban J connectivity index is 0.000000253. The van der Waals surface area contributed by atoms with Crippen LogP contribution in [0.15, 0.2) is 49.1 Å². The SMILES string of the molecule is Br.CCOC(=O)Cn1c2c(c3nc(F)ccc31)C[C@@H](N)CC2.Clc1cnc(Cl)nc1.O=C(O)Cn1c2c(c3nc(F)ccc31)C[C@@H](Nc1ncc(Cl)cn1)CC2.S.S. The summed E-state index contributed by atoms with van der Waals surface area (Å²) in [7, 11) is 0. The molecule has 6 aromatic rings. The van der Waals surface area contributed by atoms with Crippen molar-refractivity contribution in [2.24, 2.45) is 5.73 Å². The van der Waals surface area contributed by atoms with E-state index in [-0.39, 0.29) is 80.4 Å². The van der Waals surface area contributed by atoms with Crippen molar-refractivity contribution in [3.05, 3.63) is 98.8 Å². The Morgan fingerprint density at radius 3 is 1.84 bits per heavy atom. The summed E-state index contributed by atoms with van der Waals surface area (Å²) in [5.74, 6) is -1.86. The Bertz CT molecular complexity index is 2320. The van der Waals surface area contributed by atoms with E-state index < -0.39 is 17.9 Å². The number of hydrogen-bond acceptors (Lipinski definition) is 11. The van der Waals surface area contributed by atoms with Crippen LogP contribution in [0, 0.1) is 11.9 Å². The first-order chi connectivity index (χ1) is 26.4. The molecule has 6 heterocycles. The Labute approximate surface area is 370 Å². The van der Waals surface area contributed by atoms with E-state index in [0.717, 1.165) is 47.3 Å². The zero-order chi connectivity index (χ0) is 39.2. The van der Waals surface area contributed by atoms with Crippen LogP contribution in [0.4, 0.5) is 14.7 Å². The number of halogens is 6. The second-order valence-corrected chi connectivity index (χ2v) is 13.9. The van der Waals surface area contributed by atoms with Gasteiger partial charge in [-0.1, -0.05) is 23.2 Å². The number of nitrogens with two attached hydrogens (primary N) is 1. The predicted octanol–water partition coefficient (Wildman–Crippen LogP) is 6.81. The van der Waals surface area contributed by atoms with E-state index in [9.17, 15) is 23.5 Å². The van der Waals surface area contributed by atoms with Gasteiger partial charge in [-0.05, 0) is 81.3 Å². The third kappa shape index (κ3) is 11.9. The number of pyridine rings is 2. The molecule has 8 rings (SSSR count). The number of nitrogens with one attached hydrogen (secondary N) is 1. The Morgan fingerprint density at radius 2 is 1.33 bits per heavy atom. The largest absolute Gasteiger partial charge is 0.480 e. The first-order valence-electron chi connectivity index (χ1n) is 17.2. The minimum Gasteiger partial charge on any atom is -0.480 e. The van der Waals surface area contributed by atoms with Gasteiger partial charge < -0.3 is 30.0 Å². The molecule has 2 aliphatic carbocycles. The van der Waals surface area contributed by atoms with Gasteiger partial charge >= 0.3 is 11.9 Å². The molecule has 0 spiro atoms. The van der Waals surface area contributed by atoms with E-state index in [1.54, 1.807) is 23.6 Å². The molecule has 0 aromatic carbocycles. The number of esters is 1. The lowest BCUT2D eigenvalue weighted by atomic mass is 9.92. The van der Waals surface area contributed by atoms with E-state index >= 15 is 0 Å². The number of anilines is 1. The molecule has 0 saturated carbocycles. The fourth-order valence-corrected chi connectivity index (χ4v) is 7.09. The lowest BCUT2D eigenvalue weighted by Crippen LogP contribution is -2.29. The highest BCUT2D eigenvalue weighted by atomic mass is 79.9. The van der Waals surface area contributed by atoms with Crippen LogP contribution in [0.5, 0.6) is 0 Å². The third-order valence-electron chi connectivity index (χ3n) is 9.01. The standard InChI is InChI=1S/C17H15ClFN5O2.C15H18FN3O2.C4H2Cl2N2.BrH.2H2S/c18-9-6-20-17(21-7-9)22-10-1-2-12-11(5-10)16-13(3-4-14(19)23-16)24(12)8-15(25)26;1-2-21-14(20)8-19-11-4-3-9(17)7-10(11)15-12(19)5-6-13(16)18-15;5-3-1-7-4(6)8-2-3;;;/h3-4,6-7,10H,1-2,5,8H2,(H,25,26)(H,20,21,22);5-6,9H,2-4,7-8,17H2,1H3;1-2H;1H;2*1H2/t10-;9-;;;;/m00..../s1. The van der Waals surface area contributed by atoms with Gasteiger partial charge in [-0.25, -0.2) is 29.9 Å². The molecule has 14 nitrogen and oxygen atoms in total. The van der Waals surface area contributed by atoms with Crippen molar-refractivity contribution >= 4 is 119 Å². The topological polar surface area (TPSA) is 189 Å². The second kappa shape index (κ2) is 22.0. The average Bonchev–Trinajstić information content (AvgIpc) is 3.60. The Hall–Kier alpha value is -3.85. The molecule has 58 heavy (non-hydrogen) atoms. The van der Waals surface area contributed by atoms with Gasteiger partial charge in [-0.2, -0.15) is 35.8 Å². The molecule has 2 atom stereocenters. The number of carbonyl (C=O) groups is 2. The van der Waals surface area contributed by atoms with Gasteiger partial charge in [-0.3, -0.25) is 9.59 Å². The monoisotopic (exact) mass is 962 g/mol. The third-order valence-corrected chi connectivity index (χ3v) is 9.59. The molecule has 4 N–H and O–H groups in total. The maximum absolute atomic E-state index is 13.7. The van der Waals surface area contributed by atoms with Crippen molar-refractivity contribution in [3.63, 3.8) is 0 Å². The molecule has 6 aromatic heterocycles. The molecular formula is C36H40BrCl3F2N10O4S2. The number of rotatable bonds is 7. The molecule has 0 bridgehead atoms. The highest BCUT2D eigenvalue weighted by Crippen LogP contribution is 2.33. The number of carboxylic acids is 1. The highest BCUT2D eigenvalue weighted by molar-refractivity contribution is 8.93. The number of hydrogen-bond donors (Lipinski definition) is 3. The number of aliphatic carboxylic acids is 1. The highest BCUT2D eigenvalue weighted by Gasteiger charge is 2.28. The van der Waals surface area contributed by atoms with Gasteiger partial charge in [-0.15, -0.1) is 17.0 Å². The second-order valence-electron chi connectivity index (χ2n) is 12.7. The molecule has 2 aliphatic rings. The molecule has 0 radical (unpaired) electrons. The van der Waals surface area contributed by atoms with Crippen LogP contribution in [0.1, 0.15) is 42.3 Å². The molecular weight excluding hydrogens is 925 g/mol. The fraction of sp³-hybridized carbons (Fsp3) is 0.333. The van der Waals surface area contributed by atoms with Crippen LogP contribution in [-0.2, 0) is 53.1 Å². The van der Waals surface area contributed by atoms with E-state index in [0.29, 0.717) is 58.4 Å². The summed E-state index contributed by atoms with van der Waals surface area (Å²) in [6.07, 6.45) is 10.2. The lowest BCUT2D eigenvalue weighted by molar-refractivity contribution is -0.143. The molecule has 0 saturated heterocycles. The van der Waals surface area contributed by atoms with Gasteiger partial charge in [0.15, 0.2) is 0 Å². The number of nitrogens with zero attached hydrogens (tertiary/aromatic N) is 8. The van der Waals surface area contributed by atoms with Crippen molar-refractivity contribution < 1.29 is 28.2 Å². The smallest absolute Gasteiger partial charge is 0.325 e. The fourth-order valence-electron chi connectivity index (χ4n) is 6.79. The quantitative estimate of drug-likeness (QED) is 0.0863. The Kier molecular flexibility index (Phi) is 18.4.